The number of fused-ring (bicyclic) bond motifs is 2. The van der Waals surface area contributed by atoms with Gasteiger partial charge in [0, 0.05) is 30.7 Å². The van der Waals surface area contributed by atoms with Crippen molar-refractivity contribution in [1.82, 2.24) is 9.97 Å². The molecule has 1 amide bonds. The lowest BCUT2D eigenvalue weighted by molar-refractivity contribution is -0.121. The van der Waals surface area contributed by atoms with Gasteiger partial charge in [-0.05, 0) is 26.0 Å². The van der Waals surface area contributed by atoms with E-state index in [9.17, 15) is 13.6 Å². The van der Waals surface area contributed by atoms with Gasteiger partial charge in [0.2, 0.25) is 0 Å². The van der Waals surface area contributed by atoms with Gasteiger partial charge in [-0.15, -0.1) is 0 Å². The van der Waals surface area contributed by atoms with Crippen LogP contribution in [-0.4, -0.2) is 54.5 Å². The first-order chi connectivity index (χ1) is 16.7. The molecule has 0 saturated heterocycles. The highest BCUT2D eigenvalue weighted by Gasteiger charge is 2.35. The van der Waals surface area contributed by atoms with Gasteiger partial charge in [-0.2, -0.15) is 8.78 Å². The van der Waals surface area contributed by atoms with Crippen LogP contribution in [0.15, 0.2) is 30.3 Å². The van der Waals surface area contributed by atoms with Gasteiger partial charge in [-0.25, -0.2) is 14.4 Å². The van der Waals surface area contributed by atoms with E-state index in [0.717, 1.165) is 6.07 Å². The third kappa shape index (κ3) is 4.73. The largest absolute Gasteiger partial charge is 0.481 e. The van der Waals surface area contributed by atoms with E-state index in [1.807, 2.05) is 0 Å². The Kier molecular flexibility index (Phi) is 6.82. The van der Waals surface area contributed by atoms with E-state index in [0.29, 0.717) is 47.1 Å². The molecular weight excluding hydrogens is 465 g/mol. The van der Waals surface area contributed by atoms with E-state index in [-0.39, 0.29) is 18.1 Å². The monoisotopic (exact) mass is 490 g/mol. The normalized spacial score (nSPS) is 14.6. The number of ether oxygens (including phenoxy) is 2. The Morgan fingerprint density at radius 2 is 2.09 bits per heavy atom. The van der Waals surface area contributed by atoms with Crippen LogP contribution in [0, 0.1) is 12.7 Å². The quantitative estimate of drug-likeness (QED) is 0.497. The van der Waals surface area contributed by atoms with Crippen molar-refractivity contribution in [2.45, 2.75) is 25.8 Å². The first-order valence-electron chi connectivity index (χ1n) is 10.9. The third-order valence-corrected chi connectivity index (χ3v) is 5.79. The van der Waals surface area contributed by atoms with Crippen LogP contribution in [-0.2, 0) is 15.5 Å². The molecule has 0 radical (unpaired) electrons. The van der Waals surface area contributed by atoms with Gasteiger partial charge >= 0.3 is 0 Å². The molecule has 0 spiro atoms. The van der Waals surface area contributed by atoms with Gasteiger partial charge in [0.15, 0.2) is 6.61 Å². The zero-order valence-corrected chi connectivity index (χ0v) is 19.4. The van der Waals surface area contributed by atoms with Gasteiger partial charge in [-0.1, -0.05) is 12.1 Å². The highest BCUT2D eigenvalue weighted by molar-refractivity contribution is 6.02. The van der Waals surface area contributed by atoms with Crippen LogP contribution in [0.5, 0.6) is 5.75 Å². The third-order valence-electron chi connectivity index (χ3n) is 5.79. The van der Waals surface area contributed by atoms with Gasteiger partial charge in [0.25, 0.3) is 11.8 Å². The molecule has 0 aliphatic carbocycles. The molecule has 11 heteroatoms. The number of aryl methyl sites for hydroxylation is 1. The molecule has 1 atom stereocenters. The van der Waals surface area contributed by atoms with Crippen molar-refractivity contribution in [3.05, 3.63) is 53.1 Å². The maximum atomic E-state index is 15.0. The maximum absolute atomic E-state index is 15.0. The molecule has 1 aromatic heterocycles. The molecule has 1 aliphatic rings. The average Bonchev–Trinajstić information content (AvgIpc) is 2.82. The highest BCUT2D eigenvalue weighted by Crippen LogP contribution is 2.39. The van der Waals surface area contributed by atoms with Gasteiger partial charge < -0.3 is 24.8 Å². The van der Waals surface area contributed by atoms with E-state index >= 15 is 4.39 Å². The summed E-state index contributed by atoms with van der Waals surface area (Å²) in [7, 11) is 1.54. The number of anilines is 2. The summed E-state index contributed by atoms with van der Waals surface area (Å²) in [4.78, 5) is 22.9. The Morgan fingerprint density at radius 3 is 2.80 bits per heavy atom. The number of nitrogens with one attached hydrogen (secondary N) is 1. The Bertz CT molecular complexity index is 1270. The Balaban J connectivity index is 1.76. The van der Waals surface area contributed by atoms with Crippen molar-refractivity contribution in [3.8, 4) is 5.75 Å². The van der Waals surface area contributed by atoms with Crippen LogP contribution >= 0.6 is 0 Å². The molecule has 2 N–H and O–H groups in total. The molecule has 3 aromatic rings. The summed E-state index contributed by atoms with van der Waals surface area (Å²) in [5.74, 6) is -3.80. The van der Waals surface area contributed by atoms with Crippen LogP contribution in [0.2, 0.25) is 0 Å². The number of carbonyl (C=O) groups is 1. The first-order valence-corrected chi connectivity index (χ1v) is 10.9. The predicted molar refractivity (Wildman–Crippen MR) is 123 cm³/mol. The number of alkyl halides is 2. The fourth-order valence-electron chi connectivity index (χ4n) is 4.01. The number of carbonyl (C=O) groups excluding carboxylic acids is 1. The maximum Gasteiger partial charge on any atom is 0.298 e. The van der Waals surface area contributed by atoms with E-state index in [1.165, 1.54) is 19.2 Å². The second-order valence-corrected chi connectivity index (χ2v) is 8.22. The standard InChI is InChI=1S/C24H25F3N4O4/c1-13(15-5-4-6-17(22(15)25)24(26,27)12-32)28-23-16-9-19-20(10-18(16)29-14(2)30-23)35-11-21(33)31(19)7-8-34-3/h4-6,9-10,13,32H,7-8,11-12H2,1-3H3,(H,28,29,30). The zero-order chi connectivity index (χ0) is 25.3. The summed E-state index contributed by atoms with van der Waals surface area (Å²) >= 11 is 0. The van der Waals surface area contributed by atoms with Crippen LogP contribution in [0.1, 0.15) is 29.9 Å². The number of amides is 1. The number of aliphatic hydroxyl groups is 1. The van der Waals surface area contributed by atoms with Crippen molar-refractivity contribution in [1.29, 1.82) is 0 Å². The molecule has 186 valence electrons. The number of hydrogen-bond acceptors (Lipinski definition) is 7. The molecule has 0 fully saturated rings. The van der Waals surface area contributed by atoms with Crippen LogP contribution < -0.4 is 15.0 Å². The fourth-order valence-corrected chi connectivity index (χ4v) is 4.01. The van der Waals surface area contributed by atoms with Crippen molar-refractivity contribution in [3.63, 3.8) is 0 Å². The summed E-state index contributed by atoms with van der Waals surface area (Å²) in [6, 6.07) is 6.29. The van der Waals surface area contributed by atoms with E-state index < -0.39 is 30.0 Å². The average molecular weight is 490 g/mol. The summed E-state index contributed by atoms with van der Waals surface area (Å²) in [6.07, 6.45) is 0. The summed E-state index contributed by atoms with van der Waals surface area (Å²) < 4.78 is 53.7. The predicted octanol–water partition coefficient (Wildman–Crippen LogP) is 3.71. The lowest BCUT2D eigenvalue weighted by Gasteiger charge is -2.29. The number of aromatic nitrogens is 2. The molecule has 1 unspecified atom stereocenters. The summed E-state index contributed by atoms with van der Waals surface area (Å²) in [5.41, 5.74) is 0.157. The SMILES string of the molecule is COCCN1C(=O)COc2cc3nc(C)nc(NC(C)c4cccc(C(F)(F)CO)c4F)c3cc21. The van der Waals surface area contributed by atoms with Crippen molar-refractivity contribution in [2.24, 2.45) is 0 Å². The van der Waals surface area contributed by atoms with E-state index in [2.05, 4.69) is 15.3 Å². The number of methoxy groups -OCH3 is 1. The van der Waals surface area contributed by atoms with Crippen LogP contribution in [0.25, 0.3) is 10.9 Å². The molecule has 0 saturated carbocycles. The van der Waals surface area contributed by atoms with Gasteiger partial charge in [0.05, 0.1) is 29.4 Å². The lowest BCUT2D eigenvalue weighted by atomic mass is 10.00. The molecule has 8 nitrogen and oxygen atoms in total. The minimum atomic E-state index is -3.71. The molecule has 2 heterocycles. The lowest BCUT2D eigenvalue weighted by Crippen LogP contribution is -2.40. The summed E-state index contributed by atoms with van der Waals surface area (Å²) in [6.45, 7) is 2.33. The fraction of sp³-hybridized carbons (Fsp3) is 0.375. The number of rotatable bonds is 8. The number of hydrogen-bond donors (Lipinski definition) is 2. The highest BCUT2D eigenvalue weighted by atomic mass is 19.3. The minimum Gasteiger partial charge on any atom is -0.481 e. The first kappa shape index (κ1) is 24.7. The minimum absolute atomic E-state index is 0.0155. The number of halogens is 3. The number of benzene rings is 2. The molecule has 35 heavy (non-hydrogen) atoms. The molecule has 1 aliphatic heterocycles. The number of nitrogens with zero attached hydrogens (tertiary/aromatic N) is 3. The second-order valence-electron chi connectivity index (χ2n) is 8.22. The van der Waals surface area contributed by atoms with Crippen molar-refractivity contribution >= 4 is 28.3 Å². The molecule has 4 rings (SSSR count). The van der Waals surface area contributed by atoms with Gasteiger partial charge in [-0.3, -0.25) is 4.79 Å². The van der Waals surface area contributed by atoms with Crippen molar-refractivity contribution in [2.75, 3.05) is 43.7 Å². The zero-order valence-electron chi connectivity index (χ0n) is 19.4. The molecular formula is C24H25F3N4O4. The Hall–Kier alpha value is -3.44. The summed E-state index contributed by atoms with van der Waals surface area (Å²) in [5, 5.41) is 12.6. The molecule has 0 bridgehead atoms. The topological polar surface area (TPSA) is 96.8 Å². The smallest absolute Gasteiger partial charge is 0.298 e. The van der Waals surface area contributed by atoms with Crippen LogP contribution in [0.3, 0.4) is 0 Å². The van der Waals surface area contributed by atoms with Crippen LogP contribution in [0.4, 0.5) is 24.7 Å². The number of aliphatic hydroxyl groups excluding tert-OH is 1. The Labute approximate surface area is 199 Å². The van der Waals surface area contributed by atoms with E-state index in [4.69, 9.17) is 14.6 Å². The second kappa shape index (κ2) is 9.67. The van der Waals surface area contributed by atoms with Crippen molar-refractivity contribution < 1.29 is 32.5 Å². The Morgan fingerprint density at radius 1 is 1.31 bits per heavy atom. The van der Waals surface area contributed by atoms with Gasteiger partial charge in [0.1, 0.15) is 29.8 Å². The molecule has 2 aromatic carbocycles. The van der Waals surface area contributed by atoms with E-state index in [1.54, 1.807) is 30.9 Å².